The van der Waals surface area contributed by atoms with Gasteiger partial charge in [0.2, 0.25) is 0 Å². The molecule has 0 aliphatic carbocycles. The molecule has 0 unspecified atom stereocenters. The van der Waals surface area contributed by atoms with Crippen molar-refractivity contribution < 1.29 is 33.9 Å². The van der Waals surface area contributed by atoms with Gasteiger partial charge in [-0.15, -0.1) is 0 Å². The van der Waals surface area contributed by atoms with Crippen molar-refractivity contribution in [3.05, 3.63) is 33.4 Å². The number of nitro benzene ring substituents is 1. The molecule has 0 fully saturated rings. The van der Waals surface area contributed by atoms with Crippen LogP contribution in [0.25, 0.3) is 0 Å². The molecule has 0 aromatic heterocycles. The average molecular weight is 339 g/mol. The van der Waals surface area contributed by atoms with E-state index in [-0.39, 0.29) is 6.42 Å². The number of phenolic OH excluding ortho intramolecular Hbond substituents is 1. The molecule has 0 amide bonds. The number of hydrogen-bond donors (Lipinski definition) is 1. The highest BCUT2D eigenvalue weighted by molar-refractivity contribution is 6.10. The summed E-state index contributed by atoms with van der Waals surface area (Å²) >= 11 is 0. The fourth-order valence-electron chi connectivity index (χ4n) is 1.97. The van der Waals surface area contributed by atoms with E-state index in [9.17, 15) is 29.6 Å². The van der Waals surface area contributed by atoms with Crippen LogP contribution in [-0.4, -0.2) is 35.0 Å². The maximum absolute atomic E-state index is 12.1. The first kappa shape index (κ1) is 19.1. The van der Waals surface area contributed by atoms with E-state index >= 15 is 0 Å². The van der Waals surface area contributed by atoms with Gasteiger partial charge in [0, 0.05) is 12.5 Å². The van der Waals surface area contributed by atoms with E-state index in [4.69, 9.17) is 0 Å². The van der Waals surface area contributed by atoms with Gasteiger partial charge in [-0.05, 0) is 12.5 Å². The summed E-state index contributed by atoms with van der Waals surface area (Å²) in [4.78, 5) is 45.7. The molecule has 9 heteroatoms. The summed E-state index contributed by atoms with van der Waals surface area (Å²) in [5, 5.41) is 20.8. The van der Waals surface area contributed by atoms with Crippen LogP contribution in [0.1, 0.15) is 53.3 Å². The summed E-state index contributed by atoms with van der Waals surface area (Å²) in [5.74, 6) is -4.12. The summed E-state index contributed by atoms with van der Waals surface area (Å²) < 4.78 is 8.98. The molecule has 0 atom stereocenters. The largest absolute Gasteiger partial charge is 0.507 e. The lowest BCUT2D eigenvalue weighted by molar-refractivity contribution is -0.385. The molecule has 1 N–H and O–H groups in total. The van der Waals surface area contributed by atoms with Gasteiger partial charge in [0.05, 0.1) is 12.0 Å². The predicted molar refractivity (Wildman–Crippen MR) is 80.7 cm³/mol. The Morgan fingerprint density at radius 3 is 2.38 bits per heavy atom. The van der Waals surface area contributed by atoms with Crippen LogP contribution in [0.15, 0.2) is 12.1 Å². The minimum atomic E-state index is -1.39. The molecule has 0 bridgehead atoms. The Kier molecular flexibility index (Phi) is 6.84. The van der Waals surface area contributed by atoms with Gasteiger partial charge in [0.1, 0.15) is 11.3 Å². The first-order valence-electron chi connectivity index (χ1n) is 7.17. The number of unbranched alkanes of at least 4 members (excludes halogenated alkanes) is 2. The van der Waals surface area contributed by atoms with E-state index in [1.165, 1.54) is 0 Å². The zero-order valence-electron chi connectivity index (χ0n) is 13.2. The van der Waals surface area contributed by atoms with Crippen LogP contribution in [0.2, 0.25) is 0 Å². The number of nitrogens with zero attached hydrogens (tertiary/aromatic N) is 1. The Labute approximate surface area is 137 Å². The molecule has 0 radical (unpaired) electrons. The van der Waals surface area contributed by atoms with Gasteiger partial charge in [-0.1, -0.05) is 19.8 Å². The number of esters is 3. The summed E-state index contributed by atoms with van der Waals surface area (Å²) in [5.41, 5.74) is -2.33. The Hall–Kier alpha value is -2.97. The SMILES string of the molecule is CCCCCC(=O)OC(=O)c1c([N+](=O)[O-])ccc(O)c1C(=O)OC. The molecular weight excluding hydrogens is 322 g/mol. The standard InChI is InChI=1S/C15H17NO8/c1-3-4-5-6-11(18)24-15(20)12-9(16(21)22)7-8-10(17)13(12)14(19)23-2/h7-8,17H,3-6H2,1-2H3. The zero-order valence-corrected chi connectivity index (χ0v) is 13.2. The number of carbonyl (C=O) groups excluding carboxylic acids is 3. The van der Waals surface area contributed by atoms with Gasteiger partial charge in [-0.3, -0.25) is 14.9 Å². The van der Waals surface area contributed by atoms with Gasteiger partial charge in [-0.2, -0.15) is 0 Å². The monoisotopic (exact) mass is 339 g/mol. The fraction of sp³-hybridized carbons (Fsp3) is 0.400. The van der Waals surface area contributed by atoms with Crippen LogP contribution in [0.5, 0.6) is 5.75 Å². The van der Waals surface area contributed by atoms with Crippen LogP contribution in [0.3, 0.4) is 0 Å². The third-order valence-corrected chi connectivity index (χ3v) is 3.14. The molecule has 0 spiro atoms. The molecule has 0 saturated carbocycles. The highest BCUT2D eigenvalue weighted by Gasteiger charge is 2.33. The highest BCUT2D eigenvalue weighted by atomic mass is 16.6. The second-order valence-corrected chi connectivity index (χ2v) is 4.82. The van der Waals surface area contributed by atoms with Crippen molar-refractivity contribution in [1.82, 2.24) is 0 Å². The lowest BCUT2D eigenvalue weighted by Crippen LogP contribution is -2.18. The number of aromatic hydroxyl groups is 1. The van der Waals surface area contributed by atoms with Crippen molar-refractivity contribution >= 4 is 23.6 Å². The summed E-state index contributed by atoms with van der Waals surface area (Å²) in [6.45, 7) is 1.93. The second-order valence-electron chi connectivity index (χ2n) is 4.82. The van der Waals surface area contributed by atoms with Gasteiger partial charge in [0.15, 0.2) is 5.56 Å². The minimum absolute atomic E-state index is 0.0419. The number of hydrogen-bond acceptors (Lipinski definition) is 8. The number of benzene rings is 1. The molecule has 0 aliphatic rings. The van der Waals surface area contributed by atoms with Gasteiger partial charge < -0.3 is 14.6 Å². The number of rotatable bonds is 7. The molecule has 24 heavy (non-hydrogen) atoms. The van der Waals surface area contributed by atoms with Crippen LogP contribution in [0.4, 0.5) is 5.69 Å². The lowest BCUT2D eigenvalue weighted by atomic mass is 10.0. The van der Waals surface area contributed by atoms with Crippen LogP contribution in [0, 0.1) is 10.1 Å². The molecule has 130 valence electrons. The van der Waals surface area contributed by atoms with Crippen LogP contribution >= 0.6 is 0 Å². The Balaban J connectivity index is 3.21. The molecule has 9 nitrogen and oxygen atoms in total. The van der Waals surface area contributed by atoms with Crippen molar-refractivity contribution in [2.24, 2.45) is 0 Å². The third kappa shape index (κ3) is 4.51. The number of phenols is 1. The summed E-state index contributed by atoms with van der Waals surface area (Å²) in [6, 6.07) is 1.71. The molecule has 1 rings (SSSR count). The first-order valence-corrected chi connectivity index (χ1v) is 7.17. The van der Waals surface area contributed by atoms with Gasteiger partial charge in [0.25, 0.3) is 5.69 Å². The van der Waals surface area contributed by atoms with Gasteiger partial charge in [-0.25, -0.2) is 9.59 Å². The highest BCUT2D eigenvalue weighted by Crippen LogP contribution is 2.31. The lowest BCUT2D eigenvalue weighted by Gasteiger charge is -2.09. The Morgan fingerprint density at radius 1 is 1.17 bits per heavy atom. The number of ether oxygens (including phenoxy) is 2. The molecule has 0 saturated heterocycles. The van der Waals surface area contributed by atoms with Crippen molar-refractivity contribution in [1.29, 1.82) is 0 Å². The topological polar surface area (TPSA) is 133 Å². The van der Waals surface area contributed by atoms with Crippen LogP contribution < -0.4 is 0 Å². The zero-order chi connectivity index (χ0) is 18.3. The number of methoxy groups -OCH3 is 1. The Bertz CT molecular complexity index is 668. The second kappa shape index (κ2) is 8.61. The first-order chi connectivity index (χ1) is 11.3. The molecule has 0 aliphatic heterocycles. The third-order valence-electron chi connectivity index (χ3n) is 3.14. The van der Waals surface area contributed by atoms with E-state index in [0.29, 0.717) is 6.42 Å². The normalized spacial score (nSPS) is 10.1. The molecule has 0 heterocycles. The molecule has 1 aromatic rings. The summed E-state index contributed by atoms with van der Waals surface area (Å²) in [6.07, 6.45) is 2.06. The smallest absolute Gasteiger partial charge is 0.353 e. The quantitative estimate of drug-likeness (QED) is 0.263. The Morgan fingerprint density at radius 2 is 1.83 bits per heavy atom. The van der Waals surface area contributed by atoms with E-state index in [2.05, 4.69) is 9.47 Å². The van der Waals surface area contributed by atoms with Crippen molar-refractivity contribution in [2.45, 2.75) is 32.6 Å². The van der Waals surface area contributed by atoms with Crippen LogP contribution in [-0.2, 0) is 14.3 Å². The fourth-order valence-corrected chi connectivity index (χ4v) is 1.97. The van der Waals surface area contributed by atoms with Crippen molar-refractivity contribution in [3.63, 3.8) is 0 Å². The van der Waals surface area contributed by atoms with Crippen molar-refractivity contribution in [3.8, 4) is 5.75 Å². The van der Waals surface area contributed by atoms with E-state index < -0.39 is 45.4 Å². The van der Waals surface area contributed by atoms with Gasteiger partial charge >= 0.3 is 17.9 Å². The number of nitro groups is 1. The minimum Gasteiger partial charge on any atom is -0.507 e. The average Bonchev–Trinajstić information content (AvgIpc) is 2.53. The molecular formula is C15H17NO8. The van der Waals surface area contributed by atoms with Crippen molar-refractivity contribution in [2.75, 3.05) is 7.11 Å². The number of carbonyl (C=O) groups is 3. The maximum atomic E-state index is 12.1. The summed E-state index contributed by atoms with van der Waals surface area (Å²) in [7, 11) is 0.978. The maximum Gasteiger partial charge on any atom is 0.353 e. The van der Waals surface area contributed by atoms with E-state index in [0.717, 1.165) is 32.1 Å². The predicted octanol–water partition coefficient (Wildman–Crippen LogP) is 2.35. The molecule has 1 aromatic carbocycles. The van der Waals surface area contributed by atoms with E-state index in [1.807, 2.05) is 6.92 Å². The van der Waals surface area contributed by atoms with E-state index in [1.54, 1.807) is 0 Å².